The van der Waals surface area contributed by atoms with Gasteiger partial charge in [-0.15, -0.1) is 0 Å². The molecule has 1 aromatic carbocycles. The molecule has 3 heteroatoms. The summed E-state index contributed by atoms with van der Waals surface area (Å²) in [6, 6.07) is 9.24. The molecule has 2 heterocycles. The van der Waals surface area contributed by atoms with Gasteiger partial charge >= 0.3 is 0 Å². The van der Waals surface area contributed by atoms with Gasteiger partial charge in [-0.3, -0.25) is 0 Å². The van der Waals surface area contributed by atoms with Gasteiger partial charge < -0.3 is 14.8 Å². The van der Waals surface area contributed by atoms with Gasteiger partial charge in [-0.2, -0.15) is 0 Å². The zero-order chi connectivity index (χ0) is 11.5. The lowest BCUT2D eigenvalue weighted by Crippen LogP contribution is -2.33. The van der Waals surface area contributed by atoms with E-state index in [2.05, 4.69) is 17.4 Å². The van der Waals surface area contributed by atoms with Crippen LogP contribution in [0.3, 0.4) is 0 Å². The topological polar surface area (TPSA) is 30.5 Å². The van der Waals surface area contributed by atoms with Gasteiger partial charge in [-0.25, -0.2) is 0 Å². The average Bonchev–Trinajstić information content (AvgIpc) is 2.59. The smallest absolute Gasteiger partial charge is 0.124 e. The number of rotatable bonds is 2. The van der Waals surface area contributed by atoms with Gasteiger partial charge in [0.2, 0.25) is 0 Å². The maximum Gasteiger partial charge on any atom is 0.124 e. The molecule has 1 N–H and O–H groups in total. The monoisotopic (exact) mass is 233 g/mol. The maximum atomic E-state index is 5.69. The number of ether oxygens (including phenoxy) is 2. The summed E-state index contributed by atoms with van der Waals surface area (Å²) >= 11 is 0. The first-order valence-electron chi connectivity index (χ1n) is 6.49. The highest BCUT2D eigenvalue weighted by molar-refractivity contribution is 5.39. The van der Waals surface area contributed by atoms with Crippen molar-refractivity contribution < 1.29 is 9.47 Å². The molecule has 0 saturated carbocycles. The Labute approximate surface area is 102 Å². The molecule has 0 aliphatic carbocycles. The van der Waals surface area contributed by atoms with Crippen LogP contribution in [0.2, 0.25) is 0 Å². The standard InChI is InChI=1S/C14H19NO2/c1-2-6-14-12(5-1)13(10-17-14)15-11-4-3-8-16-9-7-11/h1-2,5-6,11,13,15H,3-4,7-10H2. The van der Waals surface area contributed by atoms with Crippen LogP contribution in [0.25, 0.3) is 0 Å². The average molecular weight is 233 g/mol. The number of nitrogens with one attached hydrogen (secondary N) is 1. The highest BCUT2D eigenvalue weighted by atomic mass is 16.5. The van der Waals surface area contributed by atoms with E-state index in [-0.39, 0.29) is 0 Å². The highest BCUT2D eigenvalue weighted by Crippen LogP contribution is 2.32. The molecule has 0 aromatic heterocycles. The molecule has 1 aromatic rings. The van der Waals surface area contributed by atoms with Crippen molar-refractivity contribution in [2.45, 2.75) is 31.3 Å². The van der Waals surface area contributed by atoms with Crippen LogP contribution in [0, 0.1) is 0 Å². The molecule has 92 valence electrons. The Morgan fingerprint density at radius 3 is 3.06 bits per heavy atom. The number of benzene rings is 1. The van der Waals surface area contributed by atoms with Crippen LogP contribution < -0.4 is 10.1 Å². The molecule has 2 unspecified atom stereocenters. The molecule has 2 aliphatic heterocycles. The maximum absolute atomic E-state index is 5.69. The van der Waals surface area contributed by atoms with Gasteiger partial charge in [0.25, 0.3) is 0 Å². The largest absolute Gasteiger partial charge is 0.491 e. The SMILES string of the molecule is c1ccc2c(c1)OCC2NC1CCCOCC1. The third-order valence-corrected chi connectivity index (χ3v) is 3.59. The summed E-state index contributed by atoms with van der Waals surface area (Å²) < 4.78 is 11.2. The van der Waals surface area contributed by atoms with Gasteiger partial charge in [0, 0.05) is 24.8 Å². The second-order valence-electron chi connectivity index (χ2n) is 4.81. The van der Waals surface area contributed by atoms with Crippen molar-refractivity contribution in [2.75, 3.05) is 19.8 Å². The summed E-state index contributed by atoms with van der Waals surface area (Å²) in [5.41, 5.74) is 1.30. The zero-order valence-corrected chi connectivity index (χ0v) is 10.0. The number of para-hydroxylation sites is 1. The van der Waals surface area contributed by atoms with E-state index in [9.17, 15) is 0 Å². The number of fused-ring (bicyclic) bond motifs is 1. The molecule has 1 fully saturated rings. The van der Waals surface area contributed by atoms with Crippen molar-refractivity contribution in [2.24, 2.45) is 0 Å². The van der Waals surface area contributed by atoms with Crippen molar-refractivity contribution in [3.63, 3.8) is 0 Å². The first-order chi connectivity index (χ1) is 8.43. The Hall–Kier alpha value is -1.06. The van der Waals surface area contributed by atoms with E-state index in [0.717, 1.165) is 38.4 Å². The van der Waals surface area contributed by atoms with Gasteiger partial charge in [-0.05, 0) is 25.3 Å². The van der Waals surface area contributed by atoms with Crippen LogP contribution in [0.5, 0.6) is 5.75 Å². The van der Waals surface area contributed by atoms with Crippen molar-refractivity contribution in [1.82, 2.24) is 5.32 Å². The third kappa shape index (κ3) is 2.45. The normalized spacial score (nSPS) is 28.2. The van der Waals surface area contributed by atoms with Crippen LogP contribution in [0.1, 0.15) is 30.9 Å². The molecule has 0 spiro atoms. The molecular weight excluding hydrogens is 214 g/mol. The molecule has 17 heavy (non-hydrogen) atoms. The Bertz CT molecular complexity index is 372. The fourth-order valence-corrected chi connectivity index (χ4v) is 2.66. The Balaban J connectivity index is 1.66. The second-order valence-corrected chi connectivity index (χ2v) is 4.81. The van der Waals surface area contributed by atoms with Crippen LogP contribution in [-0.4, -0.2) is 25.9 Å². The van der Waals surface area contributed by atoms with Crippen LogP contribution in [-0.2, 0) is 4.74 Å². The van der Waals surface area contributed by atoms with Gasteiger partial charge in [-0.1, -0.05) is 18.2 Å². The summed E-state index contributed by atoms with van der Waals surface area (Å²) in [6.45, 7) is 2.56. The lowest BCUT2D eigenvalue weighted by atomic mass is 10.0. The van der Waals surface area contributed by atoms with Crippen molar-refractivity contribution >= 4 is 0 Å². The first kappa shape index (κ1) is 11.1. The summed E-state index contributed by atoms with van der Waals surface area (Å²) in [4.78, 5) is 0. The lowest BCUT2D eigenvalue weighted by molar-refractivity contribution is 0.142. The Kier molecular flexibility index (Phi) is 3.29. The van der Waals surface area contributed by atoms with E-state index in [1.165, 1.54) is 12.0 Å². The molecule has 1 saturated heterocycles. The van der Waals surface area contributed by atoms with Gasteiger partial charge in [0.1, 0.15) is 12.4 Å². The van der Waals surface area contributed by atoms with Crippen LogP contribution in [0.15, 0.2) is 24.3 Å². The molecule has 3 rings (SSSR count). The molecule has 2 aliphatic rings. The van der Waals surface area contributed by atoms with Crippen LogP contribution in [0.4, 0.5) is 0 Å². The van der Waals surface area contributed by atoms with E-state index >= 15 is 0 Å². The fourth-order valence-electron chi connectivity index (χ4n) is 2.66. The van der Waals surface area contributed by atoms with Crippen LogP contribution >= 0.6 is 0 Å². The Morgan fingerprint density at radius 1 is 1.12 bits per heavy atom. The summed E-state index contributed by atoms with van der Waals surface area (Å²) in [5.74, 6) is 1.04. The van der Waals surface area contributed by atoms with E-state index in [0.29, 0.717) is 12.1 Å². The predicted molar refractivity (Wildman–Crippen MR) is 66.3 cm³/mol. The minimum Gasteiger partial charge on any atom is -0.491 e. The van der Waals surface area contributed by atoms with Gasteiger partial charge in [0.15, 0.2) is 0 Å². The Morgan fingerprint density at radius 2 is 2.06 bits per heavy atom. The second kappa shape index (κ2) is 5.07. The lowest BCUT2D eigenvalue weighted by Gasteiger charge is -2.20. The number of hydrogen-bond acceptors (Lipinski definition) is 3. The van der Waals surface area contributed by atoms with E-state index in [1.807, 2.05) is 12.1 Å². The zero-order valence-electron chi connectivity index (χ0n) is 10.0. The van der Waals surface area contributed by atoms with E-state index < -0.39 is 0 Å². The fraction of sp³-hybridized carbons (Fsp3) is 0.571. The molecule has 3 nitrogen and oxygen atoms in total. The van der Waals surface area contributed by atoms with E-state index in [1.54, 1.807) is 0 Å². The van der Waals surface area contributed by atoms with E-state index in [4.69, 9.17) is 9.47 Å². The van der Waals surface area contributed by atoms with Crippen molar-refractivity contribution in [1.29, 1.82) is 0 Å². The molecule has 0 radical (unpaired) electrons. The minimum absolute atomic E-state index is 0.356. The molecule has 2 atom stereocenters. The first-order valence-corrected chi connectivity index (χ1v) is 6.49. The quantitative estimate of drug-likeness (QED) is 0.850. The van der Waals surface area contributed by atoms with Gasteiger partial charge in [0.05, 0.1) is 6.04 Å². The van der Waals surface area contributed by atoms with Crippen molar-refractivity contribution in [3.8, 4) is 5.75 Å². The molecule has 0 bridgehead atoms. The third-order valence-electron chi connectivity index (χ3n) is 3.59. The highest BCUT2D eigenvalue weighted by Gasteiger charge is 2.26. The van der Waals surface area contributed by atoms with Crippen molar-refractivity contribution in [3.05, 3.63) is 29.8 Å². The number of hydrogen-bond donors (Lipinski definition) is 1. The minimum atomic E-state index is 0.356. The predicted octanol–water partition coefficient (Wildman–Crippen LogP) is 2.28. The molecule has 0 amide bonds. The summed E-state index contributed by atoms with van der Waals surface area (Å²) in [5, 5.41) is 3.71. The summed E-state index contributed by atoms with van der Waals surface area (Å²) in [7, 11) is 0. The summed E-state index contributed by atoms with van der Waals surface area (Å²) in [6.07, 6.45) is 3.48. The molecular formula is C14H19NO2.